The largest absolute Gasteiger partial charge is 0.451 e. The molecule has 0 saturated carbocycles. The van der Waals surface area contributed by atoms with E-state index in [0.29, 0.717) is 30.0 Å². The molecule has 2 aromatic carbocycles. The molecule has 0 aliphatic carbocycles. The van der Waals surface area contributed by atoms with Gasteiger partial charge in [0.1, 0.15) is 22.0 Å². The number of thiazole rings is 1. The molecule has 224 valence electrons. The number of carbonyl (C=O) groups excluding carboxylic acids is 2. The molecule has 4 aromatic rings. The van der Waals surface area contributed by atoms with Crippen molar-refractivity contribution >= 4 is 34.7 Å². The van der Waals surface area contributed by atoms with Crippen molar-refractivity contribution < 1.29 is 27.8 Å². The molecule has 43 heavy (non-hydrogen) atoms. The molecule has 1 aliphatic rings. The Labute approximate surface area is 251 Å². The van der Waals surface area contributed by atoms with Crippen LogP contribution in [0.2, 0.25) is 0 Å². The molecule has 0 unspecified atom stereocenters. The summed E-state index contributed by atoms with van der Waals surface area (Å²) in [5.74, 6) is -2.34. The second-order valence-corrected chi connectivity index (χ2v) is 11.7. The Morgan fingerprint density at radius 1 is 1.09 bits per heavy atom. The third-order valence-electron chi connectivity index (χ3n) is 6.50. The average molecular weight is 609 g/mol. The molecule has 10 nitrogen and oxygen atoms in total. The molecular weight excluding hydrogens is 578 g/mol. The molecule has 1 saturated heterocycles. The van der Waals surface area contributed by atoms with Gasteiger partial charge >= 0.3 is 6.09 Å². The number of ether oxygens (including phenoxy) is 2. The summed E-state index contributed by atoms with van der Waals surface area (Å²) in [4.78, 5) is 31.8. The fraction of sp³-hybridized carbons (Fsp3) is 0.300. The number of alkyl carbamates (subject to hydrolysis) is 1. The summed E-state index contributed by atoms with van der Waals surface area (Å²) in [6.45, 7) is 5.91. The summed E-state index contributed by atoms with van der Waals surface area (Å²) in [6, 6.07) is 9.94. The van der Waals surface area contributed by atoms with E-state index in [2.05, 4.69) is 25.8 Å². The number of halogens is 2. The molecule has 2 amide bonds. The Hall–Kier alpha value is -4.65. The second-order valence-electron chi connectivity index (χ2n) is 10.8. The zero-order chi connectivity index (χ0) is 30.6. The standard InChI is InChI=1S/C30H30F2N6O4S/c1-30(2,3)42-29(40)33-16-19-7-6-14-38(19)26-21(10-11-24(25(26)32)41-23-9-5-4-8-20(23)31)36-27(39)22-17-43-28(37-22)18-12-13-34-35-15-18/h4-5,8-13,15,17,19H,6-7,14,16H2,1-3H3,(H,33,40)(H,36,39)/t19-/m1/s1. The summed E-state index contributed by atoms with van der Waals surface area (Å²) >= 11 is 1.26. The Bertz CT molecular complexity index is 1610. The number of benzene rings is 2. The number of nitrogens with zero attached hydrogens (tertiary/aromatic N) is 4. The van der Waals surface area contributed by atoms with Crippen LogP contribution in [-0.2, 0) is 4.74 Å². The first-order valence-electron chi connectivity index (χ1n) is 13.6. The van der Waals surface area contributed by atoms with Crippen LogP contribution in [0.1, 0.15) is 44.1 Å². The molecule has 0 radical (unpaired) electrons. The van der Waals surface area contributed by atoms with Gasteiger partial charge < -0.3 is 25.0 Å². The van der Waals surface area contributed by atoms with E-state index in [4.69, 9.17) is 9.47 Å². The summed E-state index contributed by atoms with van der Waals surface area (Å²) in [5.41, 5.74) is 0.402. The third kappa shape index (κ3) is 7.23. The van der Waals surface area contributed by atoms with Gasteiger partial charge in [0.15, 0.2) is 23.1 Å². The first kappa shape index (κ1) is 29.8. The summed E-state index contributed by atoms with van der Waals surface area (Å²) < 4.78 is 41.6. The van der Waals surface area contributed by atoms with E-state index in [1.165, 1.54) is 47.9 Å². The molecule has 0 bridgehead atoms. The maximum absolute atomic E-state index is 16.3. The monoisotopic (exact) mass is 608 g/mol. The highest BCUT2D eigenvalue weighted by atomic mass is 32.1. The van der Waals surface area contributed by atoms with Crippen LogP contribution in [0.5, 0.6) is 11.5 Å². The van der Waals surface area contributed by atoms with Gasteiger partial charge in [-0.25, -0.2) is 18.6 Å². The Balaban J connectivity index is 1.44. The van der Waals surface area contributed by atoms with Crippen molar-refractivity contribution in [2.45, 2.75) is 45.3 Å². The molecule has 1 fully saturated rings. The highest BCUT2D eigenvalue weighted by Gasteiger charge is 2.32. The normalized spacial score (nSPS) is 14.8. The minimum absolute atomic E-state index is 0.0597. The van der Waals surface area contributed by atoms with E-state index in [1.807, 2.05) is 0 Å². The minimum atomic E-state index is -0.785. The number of aromatic nitrogens is 3. The first-order valence-corrected chi connectivity index (χ1v) is 14.5. The molecule has 1 atom stereocenters. The number of rotatable bonds is 8. The molecule has 2 N–H and O–H groups in total. The van der Waals surface area contributed by atoms with Crippen molar-refractivity contribution in [3.63, 3.8) is 0 Å². The van der Waals surface area contributed by atoms with Crippen LogP contribution < -0.4 is 20.3 Å². The highest BCUT2D eigenvalue weighted by molar-refractivity contribution is 7.13. The van der Waals surface area contributed by atoms with Crippen LogP contribution in [0.25, 0.3) is 10.6 Å². The Kier molecular flexibility index (Phi) is 8.81. The summed E-state index contributed by atoms with van der Waals surface area (Å²) in [7, 11) is 0. The van der Waals surface area contributed by atoms with E-state index >= 15 is 4.39 Å². The van der Waals surface area contributed by atoms with Crippen LogP contribution in [0.15, 0.2) is 60.2 Å². The molecule has 2 aromatic heterocycles. The van der Waals surface area contributed by atoms with Crippen LogP contribution in [0, 0.1) is 11.6 Å². The zero-order valence-corrected chi connectivity index (χ0v) is 24.6. The molecule has 5 rings (SSSR count). The minimum Gasteiger partial charge on any atom is -0.451 e. The quantitative estimate of drug-likeness (QED) is 0.235. The van der Waals surface area contributed by atoms with Gasteiger partial charge in [-0.3, -0.25) is 4.79 Å². The lowest BCUT2D eigenvalue weighted by molar-refractivity contribution is 0.0524. The summed E-state index contributed by atoms with van der Waals surface area (Å²) in [6.07, 6.45) is 3.84. The number of hydrogen-bond acceptors (Lipinski definition) is 9. The fourth-order valence-corrected chi connectivity index (χ4v) is 5.42. The number of para-hydroxylation sites is 1. The van der Waals surface area contributed by atoms with Gasteiger partial charge in [-0.05, 0) is 63.9 Å². The predicted molar refractivity (Wildman–Crippen MR) is 159 cm³/mol. The van der Waals surface area contributed by atoms with Crippen molar-refractivity contribution in [3.8, 4) is 22.1 Å². The molecular formula is C30H30F2N6O4S. The fourth-order valence-electron chi connectivity index (χ4n) is 4.62. The first-order chi connectivity index (χ1) is 20.6. The lowest BCUT2D eigenvalue weighted by Crippen LogP contribution is -2.42. The number of carbonyl (C=O) groups is 2. The van der Waals surface area contributed by atoms with Crippen LogP contribution in [-0.4, -0.2) is 51.9 Å². The maximum atomic E-state index is 16.3. The number of nitrogens with one attached hydrogen (secondary N) is 2. The van der Waals surface area contributed by atoms with E-state index in [9.17, 15) is 14.0 Å². The summed E-state index contributed by atoms with van der Waals surface area (Å²) in [5, 5.41) is 15.3. The van der Waals surface area contributed by atoms with E-state index in [1.54, 1.807) is 49.4 Å². The van der Waals surface area contributed by atoms with Crippen LogP contribution in [0.4, 0.5) is 25.0 Å². The molecule has 1 aliphatic heterocycles. The van der Waals surface area contributed by atoms with Crippen LogP contribution in [0.3, 0.4) is 0 Å². The van der Waals surface area contributed by atoms with Crippen molar-refractivity contribution in [1.82, 2.24) is 20.5 Å². The number of anilines is 2. The highest BCUT2D eigenvalue weighted by Crippen LogP contribution is 2.41. The average Bonchev–Trinajstić information content (AvgIpc) is 3.65. The van der Waals surface area contributed by atoms with Gasteiger partial charge in [0.2, 0.25) is 0 Å². The molecule has 0 spiro atoms. The second kappa shape index (κ2) is 12.7. The van der Waals surface area contributed by atoms with Gasteiger partial charge in [-0.1, -0.05) is 12.1 Å². The van der Waals surface area contributed by atoms with Crippen molar-refractivity contribution in [2.75, 3.05) is 23.3 Å². The van der Waals surface area contributed by atoms with Crippen molar-refractivity contribution in [1.29, 1.82) is 0 Å². The van der Waals surface area contributed by atoms with E-state index < -0.39 is 29.2 Å². The lowest BCUT2D eigenvalue weighted by atomic mass is 10.1. The van der Waals surface area contributed by atoms with Gasteiger partial charge in [0, 0.05) is 30.1 Å². The molecule has 13 heteroatoms. The smallest absolute Gasteiger partial charge is 0.407 e. The Morgan fingerprint density at radius 3 is 2.65 bits per heavy atom. The van der Waals surface area contributed by atoms with Gasteiger partial charge in [-0.2, -0.15) is 10.2 Å². The number of hydrogen-bond donors (Lipinski definition) is 2. The zero-order valence-electron chi connectivity index (χ0n) is 23.8. The third-order valence-corrected chi connectivity index (χ3v) is 7.39. The van der Waals surface area contributed by atoms with E-state index in [-0.39, 0.29) is 41.2 Å². The SMILES string of the molecule is CC(C)(C)OC(=O)NC[C@H]1CCCN1c1c(NC(=O)c2csc(-c3ccnnc3)n2)ccc(Oc2ccccc2F)c1F. The van der Waals surface area contributed by atoms with Gasteiger partial charge in [0.05, 0.1) is 18.1 Å². The van der Waals surface area contributed by atoms with Gasteiger partial charge in [-0.15, -0.1) is 11.3 Å². The number of amides is 2. The van der Waals surface area contributed by atoms with Crippen LogP contribution >= 0.6 is 11.3 Å². The lowest BCUT2D eigenvalue weighted by Gasteiger charge is -2.30. The topological polar surface area (TPSA) is 119 Å². The van der Waals surface area contributed by atoms with Gasteiger partial charge in [0.25, 0.3) is 5.91 Å². The molecule has 3 heterocycles. The van der Waals surface area contributed by atoms with Crippen molar-refractivity contribution in [2.24, 2.45) is 0 Å². The van der Waals surface area contributed by atoms with Crippen molar-refractivity contribution in [3.05, 3.63) is 77.6 Å². The Morgan fingerprint density at radius 2 is 1.91 bits per heavy atom. The maximum Gasteiger partial charge on any atom is 0.407 e. The predicted octanol–water partition coefficient (Wildman–Crippen LogP) is 6.42. The van der Waals surface area contributed by atoms with E-state index in [0.717, 1.165) is 0 Å².